The largest absolute Gasteiger partial charge is 0.488 e. The molecule has 6 rings (SSSR count). The third kappa shape index (κ3) is 5.41. The zero-order valence-corrected chi connectivity index (χ0v) is 24.1. The van der Waals surface area contributed by atoms with Crippen LogP contribution in [0.25, 0.3) is 33.5 Å². The summed E-state index contributed by atoms with van der Waals surface area (Å²) in [6.07, 6.45) is 1.60. The van der Waals surface area contributed by atoms with E-state index in [2.05, 4.69) is 37.0 Å². The number of rotatable bonds is 6. The number of hydrogen-bond acceptors (Lipinski definition) is 5. The van der Waals surface area contributed by atoms with E-state index in [1.54, 1.807) is 48.7 Å². The van der Waals surface area contributed by atoms with Crippen molar-refractivity contribution in [1.29, 1.82) is 0 Å². The topological polar surface area (TPSA) is 69.6 Å². The highest BCUT2D eigenvalue weighted by Gasteiger charge is 2.16. The lowest BCUT2D eigenvalue weighted by Crippen LogP contribution is -2.20. The number of aromatic nitrogens is 2. The summed E-state index contributed by atoms with van der Waals surface area (Å²) < 4.78 is 15.0. The molecule has 0 unspecified atom stereocenters. The molecule has 0 saturated carbocycles. The van der Waals surface area contributed by atoms with E-state index in [-0.39, 0.29) is 11.4 Å². The van der Waals surface area contributed by atoms with Gasteiger partial charge in [-0.3, -0.25) is 4.79 Å². The Bertz CT molecular complexity index is 1930. The molecule has 4 aromatic carbocycles. The van der Waals surface area contributed by atoms with Crippen molar-refractivity contribution in [2.75, 3.05) is 0 Å². The molecule has 0 spiro atoms. The van der Waals surface area contributed by atoms with Crippen molar-refractivity contribution in [2.45, 2.75) is 6.61 Å². The van der Waals surface area contributed by atoms with Crippen LogP contribution in [-0.2, 0) is 6.61 Å². The minimum atomic E-state index is -0.307. The van der Waals surface area contributed by atoms with Crippen LogP contribution in [0.15, 0.2) is 114 Å². The van der Waals surface area contributed by atoms with Gasteiger partial charge in [0, 0.05) is 14.9 Å². The van der Waals surface area contributed by atoms with E-state index in [4.69, 9.17) is 25.7 Å². The van der Waals surface area contributed by atoms with Crippen LogP contribution in [0.4, 0.5) is 0 Å². The quantitative estimate of drug-likeness (QED) is 0.168. The Morgan fingerprint density at radius 3 is 2.62 bits per heavy atom. The molecule has 0 aliphatic rings. The van der Waals surface area contributed by atoms with Crippen molar-refractivity contribution in [1.82, 2.24) is 9.66 Å². The second-order valence-electron chi connectivity index (χ2n) is 8.71. The molecule has 9 heteroatoms. The van der Waals surface area contributed by atoms with Crippen molar-refractivity contribution < 1.29 is 9.15 Å². The zero-order valence-electron chi connectivity index (χ0n) is 20.1. The molecule has 0 amide bonds. The van der Waals surface area contributed by atoms with Crippen LogP contribution in [0.5, 0.6) is 5.75 Å². The number of benzene rings is 4. The van der Waals surface area contributed by atoms with Gasteiger partial charge in [-0.05, 0) is 93.8 Å². The Labute approximate surface area is 244 Å². The fraction of sp³-hybridized carbons (Fsp3) is 0.0333. The van der Waals surface area contributed by atoms with Crippen molar-refractivity contribution in [3.05, 3.63) is 126 Å². The van der Waals surface area contributed by atoms with E-state index in [0.717, 1.165) is 25.5 Å². The number of hydrogen-bond donors (Lipinski definition) is 0. The summed E-state index contributed by atoms with van der Waals surface area (Å²) in [6, 6.07) is 27.9. The molecule has 0 atom stereocenters. The van der Waals surface area contributed by atoms with E-state index < -0.39 is 0 Å². The summed E-state index contributed by atoms with van der Waals surface area (Å²) in [7, 11) is 0. The number of halogens is 3. The Morgan fingerprint density at radius 1 is 0.974 bits per heavy atom. The minimum Gasteiger partial charge on any atom is -0.488 e. The molecular formula is C30H18Br2ClN3O3. The van der Waals surface area contributed by atoms with Crippen molar-refractivity contribution in [3.63, 3.8) is 0 Å². The lowest BCUT2D eigenvalue weighted by atomic mass is 10.2. The summed E-state index contributed by atoms with van der Waals surface area (Å²) in [5.41, 5.74) is 2.70. The average Bonchev–Trinajstić information content (AvgIpc) is 3.36. The molecule has 192 valence electrons. The van der Waals surface area contributed by atoms with Gasteiger partial charge in [-0.2, -0.15) is 9.78 Å². The van der Waals surface area contributed by atoms with Crippen LogP contribution in [0, 0.1) is 0 Å². The molecule has 0 saturated heterocycles. The number of ether oxygens (including phenoxy) is 1. The highest BCUT2D eigenvalue weighted by atomic mass is 79.9. The Hall–Kier alpha value is -3.72. The highest BCUT2D eigenvalue weighted by Crippen LogP contribution is 2.30. The van der Waals surface area contributed by atoms with Crippen molar-refractivity contribution in [2.24, 2.45) is 5.10 Å². The number of para-hydroxylation sites is 1. The predicted octanol–water partition coefficient (Wildman–Crippen LogP) is 8.45. The monoisotopic (exact) mass is 661 g/mol. The second kappa shape index (κ2) is 10.8. The summed E-state index contributed by atoms with van der Waals surface area (Å²) in [6.45, 7) is 0.434. The van der Waals surface area contributed by atoms with Crippen LogP contribution in [0.3, 0.4) is 0 Å². The molecule has 2 heterocycles. The van der Waals surface area contributed by atoms with Crippen LogP contribution in [0.2, 0.25) is 5.02 Å². The summed E-state index contributed by atoms with van der Waals surface area (Å²) in [5.74, 6) is 1.39. The number of furan rings is 1. The average molecular weight is 664 g/mol. The van der Waals surface area contributed by atoms with Crippen LogP contribution in [-0.4, -0.2) is 15.9 Å². The minimum absolute atomic E-state index is 0.288. The lowest BCUT2D eigenvalue weighted by Gasteiger charge is -2.09. The first-order valence-electron chi connectivity index (χ1n) is 11.9. The molecular weight excluding hydrogens is 646 g/mol. The van der Waals surface area contributed by atoms with Gasteiger partial charge in [0.05, 0.1) is 21.6 Å². The van der Waals surface area contributed by atoms with E-state index >= 15 is 0 Å². The maximum absolute atomic E-state index is 13.5. The SMILES string of the molecule is O=c1c2ccccc2nc(-c2cc3cc(Cl)ccc3o2)n1N=Cc1ccc(OCc2ccc(Br)cc2)c(Br)c1. The fourth-order valence-electron chi connectivity index (χ4n) is 4.10. The summed E-state index contributed by atoms with van der Waals surface area (Å²) >= 11 is 13.2. The van der Waals surface area contributed by atoms with Gasteiger partial charge in [-0.15, -0.1) is 0 Å². The molecule has 0 fully saturated rings. The summed E-state index contributed by atoms with van der Waals surface area (Å²) in [5, 5.41) is 6.37. The highest BCUT2D eigenvalue weighted by molar-refractivity contribution is 9.10. The molecule has 0 N–H and O–H groups in total. The Kier molecular flexibility index (Phi) is 7.08. The molecule has 0 aliphatic heterocycles. The molecule has 2 aromatic heterocycles. The third-order valence-electron chi connectivity index (χ3n) is 6.04. The molecule has 39 heavy (non-hydrogen) atoms. The first-order chi connectivity index (χ1) is 18.9. The standard InChI is InChI=1S/C30H18Br2ClN3O3/c31-21-8-5-18(6-9-21)17-38-27-11-7-19(13-24(27)32)16-34-36-29(35-25-4-2-1-3-23(25)30(36)37)28-15-20-14-22(33)10-12-26(20)39-28/h1-16H,17H2. The van der Waals surface area contributed by atoms with Crippen LogP contribution >= 0.6 is 43.5 Å². The Balaban J connectivity index is 1.35. The van der Waals surface area contributed by atoms with Crippen molar-refractivity contribution >= 4 is 71.5 Å². The Morgan fingerprint density at radius 2 is 1.79 bits per heavy atom. The number of nitrogens with zero attached hydrogens (tertiary/aromatic N) is 3. The first kappa shape index (κ1) is 25.6. The van der Waals surface area contributed by atoms with Gasteiger partial charge in [0.15, 0.2) is 5.76 Å². The lowest BCUT2D eigenvalue weighted by molar-refractivity contribution is 0.304. The smallest absolute Gasteiger partial charge is 0.282 e. The molecule has 0 aliphatic carbocycles. The van der Waals surface area contributed by atoms with Gasteiger partial charge in [-0.25, -0.2) is 4.98 Å². The van der Waals surface area contributed by atoms with Gasteiger partial charge in [-0.1, -0.05) is 51.8 Å². The van der Waals surface area contributed by atoms with Gasteiger partial charge in [0.25, 0.3) is 5.56 Å². The second-order valence-corrected chi connectivity index (χ2v) is 10.9. The van der Waals surface area contributed by atoms with Crippen molar-refractivity contribution in [3.8, 4) is 17.3 Å². The molecule has 6 nitrogen and oxygen atoms in total. The van der Waals surface area contributed by atoms with Gasteiger partial charge < -0.3 is 9.15 Å². The molecule has 0 radical (unpaired) electrons. The maximum Gasteiger partial charge on any atom is 0.282 e. The third-order valence-corrected chi connectivity index (χ3v) is 7.42. The zero-order chi connectivity index (χ0) is 26.9. The van der Waals surface area contributed by atoms with Crippen LogP contribution in [0.1, 0.15) is 11.1 Å². The van der Waals surface area contributed by atoms with E-state index in [1.165, 1.54) is 4.68 Å². The van der Waals surface area contributed by atoms with Crippen LogP contribution < -0.4 is 10.3 Å². The van der Waals surface area contributed by atoms with E-state index in [1.807, 2.05) is 48.5 Å². The molecule has 0 bridgehead atoms. The number of fused-ring (bicyclic) bond motifs is 2. The molecule has 6 aromatic rings. The predicted molar refractivity (Wildman–Crippen MR) is 162 cm³/mol. The van der Waals surface area contributed by atoms with E-state index in [0.29, 0.717) is 39.6 Å². The maximum atomic E-state index is 13.5. The first-order valence-corrected chi connectivity index (χ1v) is 13.8. The normalized spacial score (nSPS) is 11.6. The van der Waals surface area contributed by atoms with Gasteiger partial charge in [0.1, 0.15) is 17.9 Å². The van der Waals surface area contributed by atoms with E-state index in [9.17, 15) is 4.79 Å². The van der Waals surface area contributed by atoms with Gasteiger partial charge in [0.2, 0.25) is 5.82 Å². The fourth-order valence-corrected chi connectivity index (χ4v) is 5.05. The van der Waals surface area contributed by atoms with Gasteiger partial charge >= 0.3 is 0 Å². The summed E-state index contributed by atoms with van der Waals surface area (Å²) in [4.78, 5) is 18.2.